The molecule has 0 atom stereocenters. The Hall–Kier alpha value is -3.04. The summed E-state index contributed by atoms with van der Waals surface area (Å²) >= 11 is 1.66. The van der Waals surface area contributed by atoms with Crippen molar-refractivity contribution in [3.05, 3.63) is 86.4 Å². The van der Waals surface area contributed by atoms with Crippen LogP contribution in [0.25, 0.3) is 18.7 Å². The third-order valence-corrected chi connectivity index (χ3v) is 5.08. The Balaban J connectivity index is 1.88. The lowest BCUT2D eigenvalue weighted by Gasteiger charge is -2.02. The summed E-state index contributed by atoms with van der Waals surface area (Å²) in [7, 11) is 0. The third-order valence-electron chi connectivity index (χ3n) is 4.06. The van der Waals surface area contributed by atoms with Crippen LogP contribution in [-0.4, -0.2) is 12.9 Å². The molecule has 0 spiro atoms. The SMILES string of the molecule is C=Cc1ccc(C=Nc2cc/c(=C/c3ccc(N=C)cc3C)c(=C)c2)s1. The predicted octanol–water partition coefficient (Wildman–Crippen LogP) is 5.02. The molecule has 1 heterocycles. The second-order valence-electron chi connectivity index (χ2n) is 5.93. The molecule has 3 aromatic rings. The fourth-order valence-corrected chi connectivity index (χ4v) is 3.32. The first-order valence-corrected chi connectivity index (χ1v) is 9.05. The number of aryl methyl sites for hydroxylation is 1. The van der Waals surface area contributed by atoms with Crippen LogP contribution in [0.2, 0.25) is 0 Å². The summed E-state index contributed by atoms with van der Waals surface area (Å²) in [5.41, 5.74) is 4.08. The van der Waals surface area contributed by atoms with E-state index in [0.29, 0.717) is 0 Å². The molecule has 0 unspecified atom stereocenters. The van der Waals surface area contributed by atoms with Gasteiger partial charge in [-0.15, -0.1) is 11.3 Å². The Morgan fingerprint density at radius 1 is 0.962 bits per heavy atom. The fourth-order valence-electron chi connectivity index (χ4n) is 2.59. The number of hydrogen-bond donors (Lipinski definition) is 0. The van der Waals surface area contributed by atoms with E-state index in [-0.39, 0.29) is 0 Å². The normalized spacial score (nSPS) is 11.8. The maximum absolute atomic E-state index is 4.55. The van der Waals surface area contributed by atoms with Crippen molar-refractivity contribution < 1.29 is 0 Å². The minimum atomic E-state index is 0.882. The van der Waals surface area contributed by atoms with Crippen molar-refractivity contribution >= 4 is 54.4 Å². The number of aliphatic imine (C=N–C) groups is 2. The quantitative estimate of drug-likeness (QED) is 0.573. The van der Waals surface area contributed by atoms with Gasteiger partial charge in [0, 0.05) is 16.0 Å². The van der Waals surface area contributed by atoms with Gasteiger partial charge in [-0.05, 0) is 77.7 Å². The Morgan fingerprint density at radius 2 is 1.73 bits per heavy atom. The van der Waals surface area contributed by atoms with E-state index in [0.717, 1.165) is 42.7 Å². The lowest BCUT2D eigenvalue weighted by molar-refractivity contribution is 1.40. The van der Waals surface area contributed by atoms with E-state index in [4.69, 9.17) is 0 Å². The predicted molar refractivity (Wildman–Crippen MR) is 117 cm³/mol. The van der Waals surface area contributed by atoms with Gasteiger partial charge in [0.25, 0.3) is 0 Å². The molecule has 1 aromatic heterocycles. The van der Waals surface area contributed by atoms with Crippen molar-refractivity contribution in [2.45, 2.75) is 6.92 Å². The van der Waals surface area contributed by atoms with Gasteiger partial charge in [0.05, 0.1) is 11.4 Å². The van der Waals surface area contributed by atoms with E-state index in [9.17, 15) is 0 Å². The first-order valence-electron chi connectivity index (χ1n) is 8.23. The smallest absolute Gasteiger partial charge is 0.0636 e. The van der Waals surface area contributed by atoms with Crippen LogP contribution < -0.4 is 10.4 Å². The molecular formula is C23H20N2S. The highest BCUT2D eigenvalue weighted by molar-refractivity contribution is 7.14. The molecule has 0 amide bonds. The van der Waals surface area contributed by atoms with Crippen LogP contribution >= 0.6 is 11.3 Å². The van der Waals surface area contributed by atoms with Crippen LogP contribution in [0.3, 0.4) is 0 Å². The van der Waals surface area contributed by atoms with Crippen LogP contribution in [0.1, 0.15) is 20.9 Å². The Labute approximate surface area is 157 Å². The molecule has 0 saturated carbocycles. The molecule has 2 nitrogen and oxygen atoms in total. The van der Waals surface area contributed by atoms with Crippen LogP contribution in [-0.2, 0) is 0 Å². The molecule has 3 heteroatoms. The van der Waals surface area contributed by atoms with Gasteiger partial charge in [-0.2, -0.15) is 0 Å². The van der Waals surface area contributed by atoms with Gasteiger partial charge >= 0.3 is 0 Å². The van der Waals surface area contributed by atoms with E-state index < -0.39 is 0 Å². The summed E-state index contributed by atoms with van der Waals surface area (Å²) in [6.07, 6.45) is 5.86. The minimum Gasteiger partial charge on any atom is -0.265 e. The largest absolute Gasteiger partial charge is 0.265 e. The highest BCUT2D eigenvalue weighted by atomic mass is 32.1. The van der Waals surface area contributed by atoms with Gasteiger partial charge in [0.15, 0.2) is 0 Å². The molecular weight excluding hydrogens is 336 g/mol. The molecule has 0 aliphatic carbocycles. The molecule has 26 heavy (non-hydrogen) atoms. The van der Waals surface area contributed by atoms with Gasteiger partial charge in [-0.3, -0.25) is 9.98 Å². The summed E-state index contributed by atoms with van der Waals surface area (Å²) in [5, 5.41) is 2.03. The van der Waals surface area contributed by atoms with Crippen molar-refractivity contribution in [3.8, 4) is 0 Å². The Morgan fingerprint density at radius 3 is 2.38 bits per heavy atom. The Kier molecular flexibility index (Phi) is 5.40. The number of hydrogen-bond acceptors (Lipinski definition) is 3. The molecule has 3 rings (SSSR count). The van der Waals surface area contributed by atoms with Gasteiger partial charge < -0.3 is 0 Å². The lowest BCUT2D eigenvalue weighted by Crippen LogP contribution is -2.22. The minimum absolute atomic E-state index is 0.882. The monoisotopic (exact) mass is 356 g/mol. The molecule has 0 saturated heterocycles. The molecule has 0 N–H and O–H groups in total. The van der Waals surface area contributed by atoms with Crippen LogP contribution in [0.15, 0.2) is 65.1 Å². The topological polar surface area (TPSA) is 24.7 Å². The van der Waals surface area contributed by atoms with Gasteiger partial charge in [-0.1, -0.05) is 31.4 Å². The zero-order chi connectivity index (χ0) is 18.5. The van der Waals surface area contributed by atoms with Crippen LogP contribution in [0.5, 0.6) is 0 Å². The number of benzene rings is 2. The van der Waals surface area contributed by atoms with Crippen molar-refractivity contribution in [2.75, 3.05) is 0 Å². The standard InChI is InChI=1S/C23H20N2S/c1-5-22-10-11-23(26-22)15-25-21-9-7-19(17(3)13-21)14-18-6-8-20(24-4)12-16(18)2/h5-15H,1,3-4H2,2H3/b19-14-,25-15?. The van der Waals surface area contributed by atoms with E-state index >= 15 is 0 Å². The highest BCUT2D eigenvalue weighted by Crippen LogP contribution is 2.18. The lowest BCUT2D eigenvalue weighted by atomic mass is 10.1. The zero-order valence-corrected chi connectivity index (χ0v) is 15.6. The van der Waals surface area contributed by atoms with Crippen molar-refractivity contribution in [1.29, 1.82) is 0 Å². The van der Waals surface area contributed by atoms with E-state index in [1.807, 2.05) is 48.7 Å². The molecule has 0 radical (unpaired) electrons. The molecule has 128 valence electrons. The van der Waals surface area contributed by atoms with Crippen molar-refractivity contribution in [3.63, 3.8) is 0 Å². The summed E-state index contributed by atoms with van der Waals surface area (Å²) in [5.74, 6) is 0. The van der Waals surface area contributed by atoms with E-state index in [1.54, 1.807) is 11.3 Å². The first-order chi connectivity index (χ1) is 12.6. The zero-order valence-electron chi connectivity index (χ0n) is 14.8. The maximum Gasteiger partial charge on any atom is 0.0636 e. The van der Waals surface area contributed by atoms with Crippen LogP contribution in [0, 0.1) is 6.92 Å². The van der Waals surface area contributed by atoms with Crippen LogP contribution in [0.4, 0.5) is 11.4 Å². The van der Waals surface area contributed by atoms with E-state index in [2.05, 4.69) is 55.0 Å². The molecule has 0 aliphatic heterocycles. The summed E-state index contributed by atoms with van der Waals surface area (Å²) in [6, 6.07) is 16.2. The van der Waals surface area contributed by atoms with Crippen molar-refractivity contribution in [1.82, 2.24) is 0 Å². The van der Waals surface area contributed by atoms with Gasteiger partial charge in [0.1, 0.15) is 0 Å². The Bertz CT molecular complexity index is 1100. The maximum atomic E-state index is 4.55. The van der Waals surface area contributed by atoms with Crippen molar-refractivity contribution in [2.24, 2.45) is 9.98 Å². The second-order valence-corrected chi connectivity index (χ2v) is 7.08. The fraction of sp³-hybridized carbons (Fsp3) is 0.0435. The molecule has 0 aliphatic rings. The molecule has 2 aromatic carbocycles. The van der Waals surface area contributed by atoms with Gasteiger partial charge in [0.2, 0.25) is 0 Å². The van der Waals surface area contributed by atoms with E-state index in [1.165, 1.54) is 0 Å². The second kappa shape index (κ2) is 7.89. The summed E-state index contributed by atoms with van der Waals surface area (Å²) in [6.45, 7) is 13.6. The number of thiophene rings is 1. The first kappa shape index (κ1) is 17.8. The third kappa shape index (κ3) is 4.13. The number of nitrogens with zero attached hydrogens (tertiary/aromatic N) is 2. The van der Waals surface area contributed by atoms with Gasteiger partial charge in [-0.25, -0.2) is 0 Å². The molecule has 0 fully saturated rings. The average Bonchev–Trinajstić information content (AvgIpc) is 3.11. The summed E-state index contributed by atoms with van der Waals surface area (Å²) in [4.78, 5) is 10.8. The summed E-state index contributed by atoms with van der Waals surface area (Å²) < 4.78 is 0. The number of rotatable bonds is 5. The average molecular weight is 356 g/mol. The highest BCUT2D eigenvalue weighted by Gasteiger charge is 1.98. The molecule has 0 bridgehead atoms.